The van der Waals surface area contributed by atoms with Crippen molar-refractivity contribution < 1.29 is 4.42 Å². The first-order valence-corrected chi connectivity index (χ1v) is 13.1. The summed E-state index contributed by atoms with van der Waals surface area (Å²) >= 11 is 3.19. The molecule has 1 aromatic carbocycles. The van der Waals surface area contributed by atoms with Crippen LogP contribution in [0.3, 0.4) is 0 Å². The first-order chi connectivity index (χ1) is 16.7. The lowest BCUT2D eigenvalue weighted by atomic mass is 10.0. The average molecular weight is 490 g/mol. The number of nitrogens with zero attached hydrogens (tertiary/aromatic N) is 5. The maximum absolute atomic E-state index is 12.9. The SMILES string of the molecule is Cc1cccc(-c2nnc(SCc3cc(=O)n4c5c(sc4n3)CCCC5)n2Cc2ccco2)c1. The molecular formula is C25H23N5O2S2. The molecule has 9 heteroatoms. The third-order valence-corrected chi connectivity index (χ3v) is 8.19. The van der Waals surface area contributed by atoms with Crippen molar-refractivity contribution in [2.24, 2.45) is 0 Å². The molecule has 7 nitrogen and oxygen atoms in total. The van der Waals surface area contributed by atoms with Gasteiger partial charge in [-0.25, -0.2) is 4.98 Å². The van der Waals surface area contributed by atoms with E-state index >= 15 is 0 Å². The molecule has 0 N–H and O–H groups in total. The van der Waals surface area contributed by atoms with Crippen LogP contribution in [-0.2, 0) is 25.1 Å². The lowest BCUT2D eigenvalue weighted by Gasteiger charge is -2.10. The van der Waals surface area contributed by atoms with Gasteiger partial charge in [-0.3, -0.25) is 13.8 Å². The minimum absolute atomic E-state index is 0.0116. The van der Waals surface area contributed by atoms with Crippen molar-refractivity contribution in [3.63, 3.8) is 0 Å². The van der Waals surface area contributed by atoms with Gasteiger partial charge < -0.3 is 4.42 Å². The van der Waals surface area contributed by atoms with Gasteiger partial charge in [0.1, 0.15) is 5.76 Å². The van der Waals surface area contributed by atoms with E-state index in [1.165, 1.54) is 23.1 Å². The van der Waals surface area contributed by atoms with Crippen LogP contribution in [-0.4, -0.2) is 24.1 Å². The number of fused-ring (bicyclic) bond motifs is 3. The van der Waals surface area contributed by atoms with Crippen LogP contribution in [0.15, 0.2) is 63.1 Å². The smallest absolute Gasteiger partial charge is 0.259 e. The zero-order chi connectivity index (χ0) is 23.1. The van der Waals surface area contributed by atoms with E-state index in [0.717, 1.165) is 63.5 Å². The number of thioether (sulfide) groups is 1. The van der Waals surface area contributed by atoms with Crippen molar-refractivity contribution in [2.45, 2.75) is 50.1 Å². The van der Waals surface area contributed by atoms with Crippen molar-refractivity contribution in [3.8, 4) is 11.4 Å². The largest absolute Gasteiger partial charge is 0.467 e. The number of hydrogen-bond acceptors (Lipinski definition) is 7. The van der Waals surface area contributed by atoms with Crippen LogP contribution in [0.1, 0.15) is 40.4 Å². The standard InChI is InChI=1S/C25H23N5O2S2/c1-16-6-4-7-17(12-16)23-27-28-25(29(23)14-19-8-5-11-32-19)33-15-18-13-22(31)30-20-9-2-3-10-21(20)34-24(30)26-18/h4-8,11-13H,2-3,9-10,14-15H2,1H3. The summed E-state index contributed by atoms with van der Waals surface area (Å²) in [5, 5.41) is 9.74. The van der Waals surface area contributed by atoms with Crippen LogP contribution in [0.5, 0.6) is 0 Å². The van der Waals surface area contributed by atoms with Gasteiger partial charge in [-0.15, -0.1) is 21.5 Å². The Kier molecular flexibility index (Phi) is 5.58. The molecule has 0 spiro atoms. The summed E-state index contributed by atoms with van der Waals surface area (Å²) < 4.78 is 9.47. The molecule has 0 fully saturated rings. The van der Waals surface area contributed by atoms with Crippen molar-refractivity contribution in [1.29, 1.82) is 0 Å². The number of benzene rings is 1. The van der Waals surface area contributed by atoms with Gasteiger partial charge in [-0.1, -0.05) is 35.5 Å². The molecule has 0 atom stereocenters. The van der Waals surface area contributed by atoms with Crippen molar-refractivity contribution in [1.82, 2.24) is 24.1 Å². The second kappa shape index (κ2) is 8.88. The van der Waals surface area contributed by atoms with Crippen LogP contribution in [0, 0.1) is 6.92 Å². The molecule has 0 radical (unpaired) electrons. The summed E-state index contributed by atoms with van der Waals surface area (Å²) in [6.45, 7) is 2.59. The Labute approximate surface area is 204 Å². The molecule has 0 saturated carbocycles. The number of rotatable bonds is 6. The number of furan rings is 1. The molecule has 1 aliphatic carbocycles. The summed E-state index contributed by atoms with van der Waals surface area (Å²) in [4.78, 5) is 19.8. The fraction of sp³-hybridized carbons (Fsp3) is 0.280. The minimum atomic E-state index is 0.0116. The van der Waals surface area contributed by atoms with E-state index in [1.54, 1.807) is 23.7 Å². The molecule has 4 heterocycles. The Morgan fingerprint density at radius 2 is 2.03 bits per heavy atom. The van der Waals surface area contributed by atoms with Crippen LogP contribution in [0.25, 0.3) is 16.3 Å². The molecular weight excluding hydrogens is 466 g/mol. The summed E-state index contributed by atoms with van der Waals surface area (Å²) in [7, 11) is 0. The van der Waals surface area contributed by atoms with Gasteiger partial charge in [0.05, 0.1) is 18.5 Å². The molecule has 4 aromatic heterocycles. The maximum atomic E-state index is 12.9. The highest BCUT2D eigenvalue weighted by Gasteiger charge is 2.20. The average Bonchev–Trinajstić information content (AvgIpc) is 3.57. The van der Waals surface area contributed by atoms with Crippen molar-refractivity contribution >= 4 is 28.1 Å². The Morgan fingerprint density at radius 3 is 2.88 bits per heavy atom. The predicted molar refractivity (Wildman–Crippen MR) is 134 cm³/mol. The highest BCUT2D eigenvalue weighted by atomic mass is 32.2. The van der Waals surface area contributed by atoms with Gasteiger partial charge >= 0.3 is 0 Å². The molecule has 0 amide bonds. The predicted octanol–water partition coefficient (Wildman–Crippen LogP) is 5.14. The summed E-state index contributed by atoms with van der Waals surface area (Å²) in [5.41, 5.74) is 4.10. The second-order valence-electron chi connectivity index (χ2n) is 8.51. The molecule has 1 aliphatic rings. The summed E-state index contributed by atoms with van der Waals surface area (Å²) in [6.07, 6.45) is 6.00. The van der Waals surface area contributed by atoms with Crippen LogP contribution in [0.2, 0.25) is 0 Å². The molecule has 5 aromatic rings. The number of hydrogen-bond donors (Lipinski definition) is 0. The first-order valence-electron chi connectivity index (χ1n) is 11.3. The van der Waals surface area contributed by atoms with E-state index in [2.05, 4.69) is 33.8 Å². The third-order valence-electron chi connectivity index (χ3n) is 6.05. The van der Waals surface area contributed by atoms with E-state index < -0.39 is 0 Å². The zero-order valence-corrected chi connectivity index (χ0v) is 20.4. The molecule has 34 heavy (non-hydrogen) atoms. The van der Waals surface area contributed by atoms with E-state index in [4.69, 9.17) is 9.40 Å². The quantitative estimate of drug-likeness (QED) is 0.308. The molecule has 0 bridgehead atoms. The summed E-state index contributed by atoms with van der Waals surface area (Å²) in [6, 6.07) is 13.7. The van der Waals surface area contributed by atoms with Gasteiger partial charge in [-0.2, -0.15) is 0 Å². The Bertz CT molecular complexity index is 1530. The van der Waals surface area contributed by atoms with Gasteiger partial charge in [0.2, 0.25) is 0 Å². The molecule has 0 aliphatic heterocycles. The highest BCUT2D eigenvalue weighted by Crippen LogP contribution is 2.30. The van der Waals surface area contributed by atoms with Gasteiger partial charge in [-0.05, 0) is 50.8 Å². The second-order valence-corrected chi connectivity index (χ2v) is 10.5. The number of aromatic nitrogens is 5. The van der Waals surface area contributed by atoms with Gasteiger partial charge in [0, 0.05) is 28.0 Å². The number of thiazole rings is 1. The minimum Gasteiger partial charge on any atom is -0.467 e. The molecule has 172 valence electrons. The Balaban J connectivity index is 1.32. The normalized spacial score (nSPS) is 13.4. The summed E-state index contributed by atoms with van der Waals surface area (Å²) in [5.74, 6) is 2.16. The van der Waals surface area contributed by atoms with E-state index in [-0.39, 0.29) is 5.56 Å². The van der Waals surface area contributed by atoms with Crippen molar-refractivity contribution in [3.05, 3.63) is 86.7 Å². The van der Waals surface area contributed by atoms with Crippen LogP contribution < -0.4 is 5.56 Å². The fourth-order valence-corrected chi connectivity index (χ4v) is 6.51. The Hall–Kier alpha value is -3.17. The van der Waals surface area contributed by atoms with Crippen LogP contribution in [0.4, 0.5) is 0 Å². The third kappa shape index (κ3) is 3.99. The van der Waals surface area contributed by atoms with E-state index in [1.807, 2.05) is 28.7 Å². The zero-order valence-electron chi connectivity index (χ0n) is 18.7. The van der Waals surface area contributed by atoms with E-state index in [9.17, 15) is 4.79 Å². The lowest BCUT2D eigenvalue weighted by Crippen LogP contribution is -2.17. The van der Waals surface area contributed by atoms with E-state index in [0.29, 0.717) is 12.3 Å². The van der Waals surface area contributed by atoms with Gasteiger partial charge in [0.15, 0.2) is 15.9 Å². The topological polar surface area (TPSA) is 78.2 Å². The Morgan fingerprint density at radius 1 is 1.12 bits per heavy atom. The highest BCUT2D eigenvalue weighted by molar-refractivity contribution is 7.98. The van der Waals surface area contributed by atoms with Crippen molar-refractivity contribution in [2.75, 3.05) is 0 Å². The molecule has 0 unspecified atom stereocenters. The number of aryl methyl sites for hydroxylation is 3. The maximum Gasteiger partial charge on any atom is 0.259 e. The molecule has 0 saturated heterocycles. The lowest BCUT2D eigenvalue weighted by molar-refractivity contribution is 0.485. The first kappa shape index (κ1) is 21.4. The van der Waals surface area contributed by atoms with Gasteiger partial charge in [0.25, 0.3) is 5.56 Å². The molecule has 6 rings (SSSR count). The fourth-order valence-electron chi connectivity index (χ4n) is 4.45. The van der Waals surface area contributed by atoms with Crippen LogP contribution >= 0.6 is 23.1 Å². The monoisotopic (exact) mass is 489 g/mol.